The first-order valence-corrected chi connectivity index (χ1v) is 10.0. The molecule has 1 saturated heterocycles. The third-order valence-electron chi connectivity index (χ3n) is 4.70. The maximum atomic E-state index is 12.2. The van der Waals surface area contributed by atoms with Crippen LogP contribution in [-0.4, -0.2) is 81.5 Å². The molecule has 0 saturated carbocycles. The SMILES string of the molecule is COc1ccc(CCN=C(N)N2CCN(C(=O)OC(C)(C)C)CC2)c(OC)c1OC.I. The average molecular weight is 550 g/mol. The number of hydrogen-bond donors (Lipinski definition) is 1. The minimum absolute atomic E-state index is 0. The Kier molecular flexibility index (Phi) is 10.5. The van der Waals surface area contributed by atoms with Crippen LogP contribution in [0.15, 0.2) is 17.1 Å². The molecule has 31 heavy (non-hydrogen) atoms. The van der Waals surface area contributed by atoms with E-state index in [0.717, 1.165) is 5.56 Å². The molecule has 9 nitrogen and oxygen atoms in total. The third-order valence-corrected chi connectivity index (χ3v) is 4.70. The number of guanidine groups is 1. The van der Waals surface area contributed by atoms with Gasteiger partial charge in [-0.1, -0.05) is 6.07 Å². The van der Waals surface area contributed by atoms with Crippen LogP contribution in [0.2, 0.25) is 0 Å². The zero-order valence-electron chi connectivity index (χ0n) is 19.3. The fourth-order valence-electron chi connectivity index (χ4n) is 3.20. The van der Waals surface area contributed by atoms with Gasteiger partial charge >= 0.3 is 6.09 Å². The van der Waals surface area contributed by atoms with Crippen molar-refractivity contribution < 1.29 is 23.7 Å². The Balaban J connectivity index is 0.00000480. The van der Waals surface area contributed by atoms with Gasteiger partial charge in [-0.2, -0.15) is 0 Å². The van der Waals surface area contributed by atoms with Crippen molar-refractivity contribution in [1.29, 1.82) is 0 Å². The Morgan fingerprint density at radius 2 is 1.58 bits per heavy atom. The van der Waals surface area contributed by atoms with Crippen LogP contribution in [0, 0.1) is 0 Å². The van der Waals surface area contributed by atoms with Gasteiger partial charge in [0.25, 0.3) is 0 Å². The Hall–Kier alpha value is -2.11. The molecule has 0 radical (unpaired) electrons. The van der Waals surface area contributed by atoms with Crippen molar-refractivity contribution in [3.63, 3.8) is 0 Å². The number of ether oxygens (including phenoxy) is 4. The second-order valence-corrected chi connectivity index (χ2v) is 7.94. The summed E-state index contributed by atoms with van der Waals surface area (Å²) in [5.74, 6) is 2.28. The van der Waals surface area contributed by atoms with Crippen molar-refractivity contribution in [3.05, 3.63) is 17.7 Å². The lowest BCUT2D eigenvalue weighted by molar-refractivity contribution is 0.0186. The molecular formula is C21H35IN4O5. The van der Waals surface area contributed by atoms with Crippen LogP contribution in [0.5, 0.6) is 17.2 Å². The number of hydrogen-bond acceptors (Lipinski definition) is 6. The van der Waals surface area contributed by atoms with Crippen LogP contribution in [0.4, 0.5) is 4.79 Å². The lowest BCUT2D eigenvalue weighted by Gasteiger charge is -2.36. The molecule has 1 fully saturated rings. The summed E-state index contributed by atoms with van der Waals surface area (Å²) in [6.07, 6.45) is 0.348. The second kappa shape index (κ2) is 12.1. The predicted octanol–water partition coefficient (Wildman–Crippen LogP) is 2.74. The van der Waals surface area contributed by atoms with Crippen molar-refractivity contribution in [2.45, 2.75) is 32.8 Å². The van der Waals surface area contributed by atoms with Crippen LogP contribution < -0.4 is 19.9 Å². The Bertz CT molecular complexity index is 759. The van der Waals surface area contributed by atoms with E-state index in [0.29, 0.717) is 62.4 Å². The van der Waals surface area contributed by atoms with Gasteiger partial charge in [0.05, 0.1) is 21.3 Å². The van der Waals surface area contributed by atoms with Crippen LogP contribution in [0.1, 0.15) is 26.3 Å². The molecule has 176 valence electrons. The van der Waals surface area contributed by atoms with Gasteiger partial charge in [-0.15, -0.1) is 24.0 Å². The van der Waals surface area contributed by atoms with Gasteiger partial charge in [0.2, 0.25) is 5.75 Å². The lowest BCUT2D eigenvalue weighted by atomic mass is 10.1. The summed E-state index contributed by atoms with van der Waals surface area (Å²) in [5.41, 5.74) is 6.63. The van der Waals surface area contributed by atoms with Crippen LogP contribution in [-0.2, 0) is 11.2 Å². The summed E-state index contributed by atoms with van der Waals surface area (Å²) in [7, 11) is 4.77. The number of halogens is 1. The van der Waals surface area contributed by atoms with Crippen molar-refractivity contribution >= 4 is 36.0 Å². The van der Waals surface area contributed by atoms with Gasteiger partial charge in [-0.05, 0) is 33.3 Å². The maximum Gasteiger partial charge on any atom is 0.410 e. The molecule has 0 atom stereocenters. The topological polar surface area (TPSA) is 98.9 Å². The van der Waals surface area contributed by atoms with E-state index in [9.17, 15) is 4.79 Å². The minimum atomic E-state index is -0.500. The number of carbonyl (C=O) groups is 1. The molecular weight excluding hydrogens is 515 g/mol. The highest BCUT2D eigenvalue weighted by molar-refractivity contribution is 14.0. The van der Waals surface area contributed by atoms with E-state index in [-0.39, 0.29) is 30.1 Å². The van der Waals surface area contributed by atoms with Gasteiger partial charge in [-0.3, -0.25) is 4.99 Å². The third kappa shape index (κ3) is 7.51. The first-order chi connectivity index (χ1) is 14.2. The first-order valence-electron chi connectivity index (χ1n) is 10.0. The van der Waals surface area contributed by atoms with E-state index < -0.39 is 5.60 Å². The molecule has 2 N–H and O–H groups in total. The van der Waals surface area contributed by atoms with Crippen molar-refractivity contribution in [2.75, 3.05) is 54.1 Å². The van der Waals surface area contributed by atoms with Gasteiger partial charge < -0.3 is 34.5 Å². The number of nitrogens with two attached hydrogens (primary N) is 1. The maximum absolute atomic E-state index is 12.2. The number of rotatable bonds is 6. The van der Waals surface area contributed by atoms with E-state index in [2.05, 4.69) is 4.99 Å². The monoisotopic (exact) mass is 550 g/mol. The van der Waals surface area contributed by atoms with Gasteiger partial charge in [-0.25, -0.2) is 4.79 Å². The zero-order valence-corrected chi connectivity index (χ0v) is 21.6. The van der Waals surface area contributed by atoms with E-state index in [1.807, 2.05) is 37.8 Å². The molecule has 1 heterocycles. The number of amides is 1. The number of methoxy groups -OCH3 is 3. The van der Waals surface area contributed by atoms with Crippen molar-refractivity contribution in [1.82, 2.24) is 9.80 Å². The molecule has 0 aliphatic carbocycles. The van der Waals surface area contributed by atoms with E-state index >= 15 is 0 Å². The summed E-state index contributed by atoms with van der Waals surface area (Å²) in [5, 5.41) is 0. The second-order valence-electron chi connectivity index (χ2n) is 7.94. The summed E-state index contributed by atoms with van der Waals surface area (Å²) >= 11 is 0. The molecule has 0 aromatic heterocycles. The number of carbonyl (C=O) groups excluding carboxylic acids is 1. The molecule has 0 unspecified atom stereocenters. The highest BCUT2D eigenvalue weighted by atomic mass is 127. The van der Waals surface area contributed by atoms with Crippen molar-refractivity contribution in [3.8, 4) is 17.2 Å². The van der Waals surface area contributed by atoms with Crippen LogP contribution in [0.25, 0.3) is 0 Å². The van der Waals surface area contributed by atoms with E-state index in [1.165, 1.54) is 0 Å². The first kappa shape index (κ1) is 26.9. The quantitative estimate of drug-likeness (QED) is 0.331. The summed E-state index contributed by atoms with van der Waals surface area (Å²) in [6.45, 7) is 8.42. The molecule has 1 amide bonds. The number of aliphatic imine (C=N–C) groups is 1. The lowest BCUT2D eigenvalue weighted by Crippen LogP contribution is -2.53. The molecule has 1 aromatic carbocycles. The van der Waals surface area contributed by atoms with E-state index in [1.54, 1.807) is 26.2 Å². The Morgan fingerprint density at radius 1 is 1.00 bits per heavy atom. The molecule has 0 spiro atoms. The van der Waals surface area contributed by atoms with Gasteiger partial charge in [0, 0.05) is 38.3 Å². The fourth-order valence-corrected chi connectivity index (χ4v) is 3.20. The molecule has 1 aliphatic rings. The number of benzene rings is 1. The Morgan fingerprint density at radius 3 is 2.10 bits per heavy atom. The molecule has 10 heteroatoms. The number of nitrogens with zero attached hydrogens (tertiary/aromatic N) is 3. The van der Waals surface area contributed by atoms with Crippen LogP contribution in [0.3, 0.4) is 0 Å². The highest BCUT2D eigenvalue weighted by Gasteiger charge is 2.26. The summed E-state index contributed by atoms with van der Waals surface area (Å²) < 4.78 is 21.7. The summed E-state index contributed by atoms with van der Waals surface area (Å²) in [6, 6.07) is 3.78. The normalized spacial score (nSPS) is 14.6. The van der Waals surface area contributed by atoms with Gasteiger partial charge in [0.1, 0.15) is 5.60 Å². The van der Waals surface area contributed by atoms with E-state index in [4.69, 9.17) is 24.7 Å². The van der Waals surface area contributed by atoms with Gasteiger partial charge in [0.15, 0.2) is 17.5 Å². The summed E-state index contributed by atoms with van der Waals surface area (Å²) in [4.78, 5) is 20.4. The molecule has 1 aliphatic heterocycles. The van der Waals surface area contributed by atoms with Crippen molar-refractivity contribution in [2.24, 2.45) is 10.7 Å². The molecule has 1 aromatic rings. The van der Waals surface area contributed by atoms with Crippen LogP contribution >= 0.6 is 24.0 Å². The predicted molar refractivity (Wildman–Crippen MR) is 131 cm³/mol. The highest BCUT2D eigenvalue weighted by Crippen LogP contribution is 2.39. The average Bonchev–Trinajstić information content (AvgIpc) is 2.71. The standard InChI is InChI=1S/C21H34N4O5.HI/c1-21(2,3)30-20(26)25-13-11-24(12-14-25)19(22)23-10-9-15-7-8-16(27-4)18(29-6)17(15)28-5;/h7-8H,9-14H2,1-6H3,(H2,22,23);1H. The molecule has 0 bridgehead atoms. The smallest absolute Gasteiger partial charge is 0.410 e. The zero-order chi connectivity index (χ0) is 22.3. The minimum Gasteiger partial charge on any atom is -0.493 e. The largest absolute Gasteiger partial charge is 0.493 e. The molecule has 2 rings (SSSR count). The fraction of sp³-hybridized carbons (Fsp3) is 0.619. The Labute approximate surface area is 201 Å². The number of piperazine rings is 1.